The third kappa shape index (κ3) is 2.45. The van der Waals surface area contributed by atoms with Crippen LogP contribution in [0.25, 0.3) is 10.6 Å². The predicted octanol–water partition coefficient (Wildman–Crippen LogP) is 3.07. The molecule has 0 aliphatic carbocycles. The fourth-order valence-electron chi connectivity index (χ4n) is 1.33. The van der Waals surface area contributed by atoms with Crippen molar-refractivity contribution in [3.8, 4) is 10.6 Å². The van der Waals surface area contributed by atoms with E-state index in [4.69, 9.17) is 5.73 Å². The van der Waals surface area contributed by atoms with Gasteiger partial charge in [0.25, 0.3) is 0 Å². The Labute approximate surface area is 101 Å². The lowest BCUT2D eigenvalue weighted by Gasteiger charge is -1.98. The number of nitrogens with two attached hydrogens (primary N) is 1. The highest BCUT2D eigenvalue weighted by Crippen LogP contribution is 2.30. The van der Waals surface area contributed by atoms with Gasteiger partial charge < -0.3 is 5.73 Å². The lowest BCUT2D eigenvalue weighted by molar-refractivity contribution is 0.936. The number of hydrogen-bond donors (Lipinski definition) is 1. The van der Waals surface area contributed by atoms with Gasteiger partial charge >= 0.3 is 0 Å². The number of aromatic nitrogens is 1. The summed E-state index contributed by atoms with van der Waals surface area (Å²) in [5.74, 6) is 0. The summed E-state index contributed by atoms with van der Waals surface area (Å²) in [5.41, 5.74) is 7.72. The predicted molar refractivity (Wildman–Crippen MR) is 68.0 cm³/mol. The smallest absolute Gasteiger partial charge is 0.124 e. The summed E-state index contributed by atoms with van der Waals surface area (Å²) in [7, 11) is 0. The highest BCUT2D eigenvalue weighted by Gasteiger charge is 2.06. The Morgan fingerprint density at radius 1 is 1.33 bits per heavy atom. The van der Waals surface area contributed by atoms with Gasteiger partial charge in [0.2, 0.25) is 0 Å². The molecule has 0 aliphatic rings. The average molecular weight is 283 g/mol. The van der Waals surface area contributed by atoms with Gasteiger partial charge in [-0.1, -0.05) is 34.1 Å². The van der Waals surface area contributed by atoms with E-state index in [0.717, 1.165) is 27.2 Å². The number of rotatable bonds is 3. The second kappa shape index (κ2) is 4.88. The van der Waals surface area contributed by atoms with Crippen molar-refractivity contribution in [2.24, 2.45) is 5.73 Å². The molecule has 0 aliphatic heterocycles. The summed E-state index contributed by atoms with van der Waals surface area (Å²) in [6, 6.07) is 8.11. The largest absolute Gasteiger partial charge is 0.330 e. The van der Waals surface area contributed by atoms with Gasteiger partial charge in [-0.25, -0.2) is 4.98 Å². The zero-order valence-electron chi connectivity index (χ0n) is 8.11. The zero-order valence-corrected chi connectivity index (χ0v) is 10.5. The van der Waals surface area contributed by atoms with Crippen LogP contribution in [0.15, 0.2) is 34.1 Å². The molecule has 78 valence electrons. The van der Waals surface area contributed by atoms with Crippen LogP contribution in [0.3, 0.4) is 0 Å². The Balaban J connectivity index is 2.33. The molecule has 2 nitrogen and oxygen atoms in total. The van der Waals surface area contributed by atoms with Crippen LogP contribution >= 0.6 is 27.3 Å². The quantitative estimate of drug-likeness (QED) is 0.940. The van der Waals surface area contributed by atoms with Crippen LogP contribution in [0.1, 0.15) is 5.69 Å². The van der Waals surface area contributed by atoms with E-state index in [1.807, 2.05) is 18.2 Å². The molecular weight excluding hydrogens is 272 g/mol. The average Bonchev–Trinajstić information content (AvgIpc) is 2.68. The summed E-state index contributed by atoms with van der Waals surface area (Å²) in [6.07, 6.45) is 0.848. The first kappa shape index (κ1) is 10.8. The number of nitrogens with zero attached hydrogens (tertiary/aromatic N) is 1. The standard InChI is InChI=1S/C11H11BrN2S/c12-10-4-2-1-3-9(10)11-14-8(5-6-13)7-15-11/h1-4,7H,5-6,13H2. The summed E-state index contributed by atoms with van der Waals surface area (Å²) in [4.78, 5) is 4.54. The Morgan fingerprint density at radius 2 is 2.13 bits per heavy atom. The number of thiazole rings is 1. The molecule has 1 aromatic carbocycles. The molecule has 0 bridgehead atoms. The molecule has 0 saturated carbocycles. The molecule has 4 heteroatoms. The number of benzene rings is 1. The molecule has 0 amide bonds. The van der Waals surface area contributed by atoms with Crippen LogP contribution in [0.5, 0.6) is 0 Å². The van der Waals surface area contributed by atoms with Crippen molar-refractivity contribution >= 4 is 27.3 Å². The monoisotopic (exact) mass is 282 g/mol. The van der Waals surface area contributed by atoms with Crippen molar-refractivity contribution in [1.82, 2.24) is 4.98 Å². The van der Waals surface area contributed by atoms with Gasteiger partial charge in [-0.2, -0.15) is 0 Å². The SMILES string of the molecule is NCCc1csc(-c2ccccc2Br)n1. The number of halogens is 1. The molecule has 1 heterocycles. The van der Waals surface area contributed by atoms with E-state index >= 15 is 0 Å². The highest BCUT2D eigenvalue weighted by atomic mass is 79.9. The molecule has 1 aromatic heterocycles. The maximum atomic E-state index is 5.49. The van der Waals surface area contributed by atoms with Gasteiger partial charge in [-0.05, 0) is 12.6 Å². The van der Waals surface area contributed by atoms with E-state index in [1.165, 1.54) is 0 Å². The third-order valence-electron chi connectivity index (χ3n) is 2.06. The minimum Gasteiger partial charge on any atom is -0.330 e. The van der Waals surface area contributed by atoms with E-state index < -0.39 is 0 Å². The summed E-state index contributed by atoms with van der Waals surface area (Å²) >= 11 is 5.18. The van der Waals surface area contributed by atoms with Crippen LogP contribution in [0.4, 0.5) is 0 Å². The Hall–Kier alpha value is -0.710. The fraction of sp³-hybridized carbons (Fsp3) is 0.182. The molecule has 2 N–H and O–H groups in total. The lowest BCUT2D eigenvalue weighted by atomic mass is 10.2. The molecule has 0 saturated heterocycles. The molecule has 0 spiro atoms. The molecule has 0 fully saturated rings. The molecule has 15 heavy (non-hydrogen) atoms. The van der Waals surface area contributed by atoms with Crippen molar-refractivity contribution in [3.05, 3.63) is 39.8 Å². The number of hydrogen-bond acceptors (Lipinski definition) is 3. The molecule has 0 atom stereocenters. The van der Waals surface area contributed by atoms with Gasteiger partial charge in [-0.15, -0.1) is 11.3 Å². The van der Waals surface area contributed by atoms with Crippen molar-refractivity contribution in [1.29, 1.82) is 0 Å². The minimum absolute atomic E-state index is 0.652. The summed E-state index contributed by atoms with van der Waals surface area (Å²) in [5, 5.41) is 3.12. The van der Waals surface area contributed by atoms with Gasteiger partial charge in [0.05, 0.1) is 5.69 Å². The molecular formula is C11H11BrN2S. The molecule has 0 radical (unpaired) electrons. The van der Waals surface area contributed by atoms with Crippen molar-refractivity contribution in [2.45, 2.75) is 6.42 Å². The molecule has 0 unspecified atom stereocenters. The van der Waals surface area contributed by atoms with E-state index in [-0.39, 0.29) is 0 Å². The normalized spacial score (nSPS) is 10.5. The van der Waals surface area contributed by atoms with Crippen LogP contribution in [0.2, 0.25) is 0 Å². The maximum Gasteiger partial charge on any atom is 0.124 e. The lowest BCUT2D eigenvalue weighted by Crippen LogP contribution is -2.02. The van der Waals surface area contributed by atoms with Crippen LogP contribution in [-0.2, 0) is 6.42 Å². The van der Waals surface area contributed by atoms with E-state index in [0.29, 0.717) is 6.54 Å². The van der Waals surface area contributed by atoms with Gasteiger partial charge in [-0.3, -0.25) is 0 Å². The second-order valence-electron chi connectivity index (χ2n) is 3.16. The van der Waals surface area contributed by atoms with Crippen molar-refractivity contribution in [2.75, 3.05) is 6.54 Å². The first-order valence-electron chi connectivity index (χ1n) is 4.70. The van der Waals surface area contributed by atoms with Gasteiger partial charge in [0.15, 0.2) is 0 Å². The van der Waals surface area contributed by atoms with Crippen LogP contribution in [0, 0.1) is 0 Å². The van der Waals surface area contributed by atoms with Crippen molar-refractivity contribution < 1.29 is 0 Å². The summed E-state index contributed by atoms with van der Waals surface area (Å²) < 4.78 is 1.08. The highest BCUT2D eigenvalue weighted by molar-refractivity contribution is 9.10. The van der Waals surface area contributed by atoms with E-state index in [9.17, 15) is 0 Å². The topological polar surface area (TPSA) is 38.9 Å². The Kier molecular flexibility index (Phi) is 3.51. The van der Waals surface area contributed by atoms with Crippen molar-refractivity contribution in [3.63, 3.8) is 0 Å². The Morgan fingerprint density at radius 3 is 2.87 bits per heavy atom. The first-order chi connectivity index (χ1) is 7.31. The Bertz CT molecular complexity index is 453. The minimum atomic E-state index is 0.652. The maximum absolute atomic E-state index is 5.49. The fourth-order valence-corrected chi connectivity index (χ4v) is 2.82. The van der Waals surface area contributed by atoms with E-state index in [2.05, 4.69) is 32.4 Å². The summed E-state index contributed by atoms with van der Waals surface area (Å²) in [6.45, 7) is 0.652. The zero-order chi connectivity index (χ0) is 10.7. The van der Waals surface area contributed by atoms with Gasteiger partial charge in [0, 0.05) is 21.8 Å². The molecule has 2 rings (SSSR count). The van der Waals surface area contributed by atoms with Crippen LogP contribution < -0.4 is 5.73 Å². The van der Waals surface area contributed by atoms with Crippen LogP contribution in [-0.4, -0.2) is 11.5 Å². The second-order valence-corrected chi connectivity index (χ2v) is 4.87. The first-order valence-corrected chi connectivity index (χ1v) is 6.38. The molecule has 2 aromatic rings. The van der Waals surface area contributed by atoms with E-state index in [1.54, 1.807) is 11.3 Å². The third-order valence-corrected chi connectivity index (χ3v) is 3.67. The van der Waals surface area contributed by atoms with Gasteiger partial charge in [0.1, 0.15) is 5.01 Å².